The van der Waals surface area contributed by atoms with Crippen LogP contribution in [0.1, 0.15) is 37.1 Å². The van der Waals surface area contributed by atoms with E-state index in [9.17, 15) is 14.7 Å². The Hall–Kier alpha value is -1.95. The van der Waals surface area contributed by atoms with Crippen molar-refractivity contribution >= 4 is 51.5 Å². The number of thiazole rings is 1. The number of fused-ring (bicyclic) bond motifs is 1. The van der Waals surface area contributed by atoms with Crippen LogP contribution in [0.25, 0.3) is 0 Å². The third kappa shape index (κ3) is 4.55. The van der Waals surface area contributed by atoms with E-state index in [-0.39, 0.29) is 58.2 Å². The molecule has 2 N–H and O–H groups in total. The van der Waals surface area contributed by atoms with Gasteiger partial charge in [-0.3, -0.25) is 4.79 Å². The number of aromatic carboxylic acids is 1. The van der Waals surface area contributed by atoms with Gasteiger partial charge in [0.05, 0.1) is 26.6 Å². The number of carbonyl (C=O) groups excluding carboxylic acids is 2. The van der Waals surface area contributed by atoms with Crippen molar-refractivity contribution in [1.29, 1.82) is 0 Å². The van der Waals surface area contributed by atoms with Gasteiger partial charge < -0.3 is 25.1 Å². The number of halogens is 2. The average Bonchev–Trinajstić information content (AvgIpc) is 3.14. The molecule has 1 aliphatic carbocycles. The molecule has 33 heavy (non-hydrogen) atoms. The first-order valence-electron chi connectivity index (χ1n) is 10.2. The van der Waals surface area contributed by atoms with E-state index in [2.05, 4.69) is 20.2 Å². The zero-order valence-corrected chi connectivity index (χ0v) is 20.4. The molecule has 1 amide bonds. The number of hydrogen-bond donors (Lipinski definition) is 2. The summed E-state index contributed by atoms with van der Waals surface area (Å²) in [6.45, 7) is 3.17. The van der Waals surface area contributed by atoms with Gasteiger partial charge in [0, 0.05) is 43.1 Å². The number of nitrogens with zero attached hydrogens (tertiary/aromatic N) is 2. The van der Waals surface area contributed by atoms with Gasteiger partial charge in [-0.25, -0.2) is 4.98 Å². The van der Waals surface area contributed by atoms with Crippen molar-refractivity contribution < 1.29 is 33.6 Å². The second-order valence-electron chi connectivity index (χ2n) is 8.21. The summed E-state index contributed by atoms with van der Waals surface area (Å²) < 4.78 is 0. The Morgan fingerprint density at radius 2 is 1.88 bits per heavy atom. The number of piperidine rings is 1. The molecule has 3 atom stereocenters. The zero-order chi connectivity index (χ0) is 22.6. The third-order valence-corrected chi connectivity index (χ3v) is 8.21. The summed E-state index contributed by atoms with van der Waals surface area (Å²) in [5, 5.41) is 16.0. The molecule has 0 radical (unpaired) electrons. The maximum Gasteiger partial charge on any atom is 1.00 e. The SMILES string of the molecule is Cc1[nH]c(C(=O)NC2[C@H]3CN(c4nc(Cc5ccccc5)c(C(=O)[O-])s4)C[C@@H]23)c(Cl)c1Cl.[Li+]. The topological polar surface area (TPSA) is 101 Å². The summed E-state index contributed by atoms with van der Waals surface area (Å²) in [7, 11) is 0. The Morgan fingerprint density at radius 3 is 2.45 bits per heavy atom. The zero-order valence-electron chi connectivity index (χ0n) is 18.0. The number of rotatable bonds is 6. The molecule has 1 aliphatic heterocycles. The van der Waals surface area contributed by atoms with Gasteiger partial charge in [-0.15, -0.1) is 0 Å². The van der Waals surface area contributed by atoms with Gasteiger partial charge in [0.15, 0.2) is 5.13 Å². The molecular formula is C22H19Cl2LiN4O3S. The summed E-state index contributed by atoms with van der Waals surface area (Å²) in [4.78, 5) is 34.0. The number of carboxylic acid groups (broad SMARTS) is 1. The van der Waals surface area contributed by atoms with Crippen LogP contribution in [0.15, 0.2) is 30.3 Å². The molecule has 7 nitrogen and oxygen atoms in total. The number of carbonyl (C=O) groups is 2. The Labute approximate surface area is 216 Å². The average molecular weight is 497 g/mol. The minimum Gasteiger partial charge on any atom is -0.544 e. The molecule has 1 unspecified atom stereocenters. The van der Waals surface area contributed by atoms with E-state index in [1.54, 1.807) is 6.92 Å². The fourth-order valence-corrected chi connectivity index (χ4v) is 5.74. The van der Waals surface area contributed by atoms with Crippen LogP contribution in [0.2, 0.25) is 10.0 Å². The molecule has 1 aromatic carbocycles. The first-order valence-corrected chi connectivity index (χ1v) is 11.7. The first-order chi connectivity index (χ1) is 15.3. The number of aromatic nitrogens is 2. The maximum absolute atomic E-state index is 12.6. The molecule has 0 spiro atoms. The number of H-pyrrole nitrogens is 1. The van der Waals surface area contributed by atoms with Gasteiger partial charge in [-0.2, -0.15) is 0 Å². The summed E-state index contributed by atoms with van der Waals surface area (Å²) >= 11 is 13.4. The maximum atomic E-state index is 12.6. The van der Waals surface area contributed by atoms with Gasteiger partial charge in [-0.05, 0) is 12.5 Å². The van der Waals surface area contributed by atoms with Crippen LogP contribution >= 0.6 is 34.5 Å². The van der Waals surface area contributed by atoms with Gasteiger partial charge >= 0.3 is 18.9 Å². The van der Waals surface area contributed by atoms with Gasteiger partial charge in [0.1, 0.15) is 5.69 Å². The van der Waals surface area contributed by atoms with Gasteiger partial charge in [0.25, 0.3) is 5.91 Å². The van der Waals surface area contributed by atoms with E-state index in [4.69, 9.17) is 23.2 Å². The Kier molecular flexibility index (Phi) is 6.86. The largest absolute Gasteiger partial charge is 1.00 e. The molecule has 3 heterocycles. The fraction of sp³-hybridized carbons (Fsp3) is 0.318. The number of benzene rings is 1. The number of hydrogen-bond acceptors (Lipinski definition) is 6. The van der Waals surface area contributed by atoms with E-state index in [0.29, 0.717) is 41.1 Å². The molecule has 11 heteroatoms. The number of aromatic amines is 1. The minimum absolute atomic E-state index is 0. The Balaban J connectivity index is 0.00000259. The molecule has 2 aliphatic rings. The molecule has 2 aromatic heterocycles. The summed E-state index contributed by atoms with van der Waals surface area (Å²) in [6, 6.07) is 9.70. The number of amides is 1. The molecule has 1 saturated heterocycles. The van der Waals surface area contributed by atoms with Crippen LogP contribution in [0.5, 0.6) is 0 Å². The standard InChI is InChI=1S/C22H20Cl2N4O3S.Li/c1-10-15(23)16(24)18(25-10)20(29)27-17-12-8-28(9-13(12)17)22-26-14(19(32-22)21(30)31)7-11-5-3-2-4-6-11;/h2-6,12-13,17,25H,7-9H2,1H3,(H,27,29)(H,30,31);/q;+1/p-1/t12-,13+,17?;. The number of aryl methyl sites for hydroxylation is 1. The number of carboxylic acids is 1. The van der Waals surface area contributed by atoms with Crippen LogP contribution in [0, 0.1) is 18.8 Å². The minimum atomic E-state index is -1.20. The van der Waals surface area contributed by atoms with Crippen molar-refractivity contribution in [2.45, 2.75) is 19.4 Å². The normalized spacial score (nSPS) is 20.8. The Morgan fingerprint density at radius 1 is 1.21 bits per heavy atom. The van der Waals surface area contributed by atoms with E-state index >= 15 is 0 Å². The summed E-state index contributed by atoms with van der Waals surface area (Å²) in [5.74, 6) is -0.894. The van der Waals surface area contributed by atoms with Gasteiger partial charge in [-0.1, -0.05) is 64.9 Å². The molecule has 5 rings (SSSR count). The molecule has 1 saturated carbocycles. The molecule has 3 aromatic rings. The van der Waals surface area contributed by atoms with E-state index in [0.717, 1.165) is 16.9 Å². The van der Waals surface area contributed by atoms with Crippen molar-refractivity contribution in [2.75, 3.05) is 18.0 Å². The molecular weight excluding hydrogens is 478 g/mol. The third-order valence-electron chi connectivity index (χ3n) is 6.13. The smallest absolute Gasteiger partial charge is 0.544 e. The van der Waals surface area contributed by atoms with Crippen molar-refractivity contribution in [2.24, 2.45) is 11.8 Å². The second kappa shape index (κ2) is 9.36. The van der Waals surface area contributed by atoms with Crippen LogP contribution in [0.4, 0.5) is 5.13 Å². The van der Waals surface area contributed by atoms with Gasteiger partial charge in [0.2, 0.25) is 0 Å². The first kappa shape index (κ1) is 24.2. The predicted molar refractivity (Wildman–Crippen MR) is 122 cm³/mol. The van der Waals surface area contributed by atoms with Crippen molar-refractivity contribution in [3.05, 3.63) is 67.9 Å². The molecule has 166 valence electrons. The number of nitrogens with one attached hydrogen (secondary N) is 2. The van der Waals surface area contributed by atoms with Crippen LogP contribution < -0.4 is 34.2 Å². The monoisotopic (exact) mass is 496 g/mol. The van der Waals surface area contributed by atoms with E-state index < -0.39 is 5.97 Å². The number of anilines is 1. The van der Waals surface area contributed by atoms with Crippen molar-refractivity contribution in [3.63, 3.8) is 0 Å². The van der Waals surface area contributed by atoms with Crippen molar-refractivity contribution in [3.8, 4) is 0 Å². The van der Waals surface area contributed by atoms with Crippen molar-refractivity contribution in [1.82, 2.24) is 15.3 Å². The summed E-state index contributed by atoms with van der Waals surface area (Å²) in [6.07, 6.45) is 0.443. The Bertz CT molecular complexity index is 1200. The molecule has 0 bridgehead atoms. The second-order valence-corrected chi connectivity index (χ2v) is 9.94. The molecule has 2 fully saturated rings. The van der Waals surface area contributed by atoms with Crippen LogP contribution in [0.3, 0.4) is 0 Å². The summed E-state index contributed by atoms with van der Waals surface area (Å²) in [5.41, 5.74) is 2.45. The fourth-order valence-electron chi connectivity index (χ4n) is 4.39. The van der Waals surface area contributed by atoms with E-state index in [1.165, 1.54) is 0 Å². The predicted octanol–water partition coefficient (Wildman–Crippen LogP) is -0.0907. The van der Waals surface area contributed by atoms with Crippen LogP contribution in [-0.4, -0.2) is 41.0 Å². The van der Waals surface area contributed by atoms with E-state index in [1.807, 2.05) is 30.3 Å². The van der Waals surface area contributed by atoms with Crippen LogP contribution in [-0.2, 0) is 6.42 Å². The quantitative estimate of drug-likeness (QED) is 0.464.